The highest BCUT2D eigenvalue weighted by molar-refractivity contribution is 5.32. The van der Waals surface area contributed by atoms with Gasteiger partial charge in [0, 0.05) is 0 Å². The van der Waals surface area contributed by atoms with Gasteiger partial charge in [-0.3, -0.25) is 0 Å². The first-order valence-corrected chi connectivity index (χ1v) is 5.25. The molecule has 1 unspecified atom stereocenters. The molecular formula is C13H17N. The lowest BCUT2D eigenvalue weighted by molar-refractivity contribution is 0.522. The lowest BCUT2D eigenvalue weighted by Gasteiger charge is -2.09. The largest absolute Gasteiger partial charge is 0.192 e. The van der Waals surface area contributed by atoms with Crippen molar-refractivity contribution in [2.45, 2.75) is 33.1 Å². The van der Waals surface area contributed by atoms with Crippen molar-refractivity contribution in [3.05, 3.63) is 35.4 Å². The lowest BCUT2D eigenvalue weighted by atomic mass is 9.96. The maximum atomic E-state index is 8.75. The highest BCUT2D eigenvalue weighted by Gasteiger charge is 2.02. The van der Waals surface area contributed by atoms with Crippen molar-refractivity contribution in [1.82, 2.24) is 0 Å². The number of nitriles is 1. The minimum atomic E-state index is 0.717. The van der Waals surface area contributed by atoms with E-state index in [9.17, 15) is 0 Å². The predicted molar refractivity (Wildman–Crippen MR) is 58.9 cm³/mol. The number of rotatable bonds is 4. The van der Waals surface area contributed by atoms with Crippen LogP contribution < -0.4 is 0 Å². The Balaban J connectivity index is 2.63. The van der Waals surface area contributed by atoms with Crippen molar-refractivity contribution in [1.29, 1.82) is 5.26 Å². The van der Waals surface area contributed by atoms with Crippen LogP contribution in [-0.2, 0) is 6.42 Å². The first kappa shape index (κ1) is 10.8. The molecule has 0 saturated heterocycles. The second-order valence-corrected chi connectivity index (χ2v) is 3.91. The summed E-state index contributed by atoms with van der Waals surface area (Å²) in [4.78, 5) is 0. The van der Waals surface area contributed by atoms with Gasteiger partial charge < -0.3 is 0 Å². The van der Waals surface area contributed by atoms with Gasteiger partial charge in [0.1, 0.15) is 0 Å². The molecule has 0 radical (unpaired) electrons. The standard InChI is InChI=1S/C13H17N/c1-3-5-11(2)8-12-6-4-7-13(9-12)10-14/h4,6-7,9,11H,3,5,8H2,1-2H3. The van der Waals surface area contributed by atoms with E-state index in [-0.39, 0.29) is 0 Å². The molecule has 1 nitrogen and oxygen atoms in total. The predicted octanol–water partition coefficient (Wildman–Crippen LogP) is 3.54. The van der Waals surface area contributed by atoms with Crippen LogP contribution in [0.15, 0.2) is 24.3 Å². The summed E-state index contributed by atoms with van der Waals surface area (Å²) in [5, 5.41) is 8.75. The summed E-state index contributed by atoms with van der Waals surface area (Å²) >= 11 is 0. The van der Waals surface area contributed by atoms with Crippen LogP contribution in [0.25, 0.3) is 0 Å². The van der Waals surface area contributed by atoms with E-state index in [1.165, 1.54) is 18.4 Å². The van der Waals surface area contributed by atoms with E-state index in [4.69, 9.17) is 5.26 Å². The minimum absolute atomic E-state index is 0.717. The van der Waals surface area contributed by atoms with E-state index in [1.54, 1.807) is 0 Å². The zero-order valence-corrected chi connectivity index (χ0v) is 8.96. The van der Waals surface area contributed by atoms with Crippen LogP contribution >= 0.6 is 0 Å². The van der Waals surface area contributed by atoms with Gasteiger partial charge in [-0.25, -0.2) is 0 Å². The van der Waals surface area contributed by atoms with Gasteiger partial charge in [0.2, 0.25) is 0 Å². The molecule has 1 atom stereocenters. The topological polar surface area (TPSA) is 23.8 Å². The van der Waals surface area contributed by atoms with E-state index in [2.05, 4.69) is 26.0 Å². The van der Waals surface area contributed by atoms with Crippen molar-refractivity contribution in [2.24, 2.45) is 5.92 Å². The second-order valence-electron chi connectivity index (χ2n) is 3.91. The Kier molecular flexibility index (Phi) is 4.19. The van der Waals surface area contributed by atoms with Crippen molar-refractivity contribution in [2.75, 3.05) is 0 Å². The Morgan fingerprint density at radius 1 is 1.43 bits per heavy atom. The maximum absolute atomic E-state index is 8.75. The van der Waals surface area contributed by atoms with Crippen molar-refractivity contribution in [3.63, 3.8) is 0 Å². The Hall–Kier alpha value is -1.29. The smallest absolute Gasteiger partial charge is 0.0991 e. The SMILES string of the molecule is CCCC(C)Cc1cccc(C#N)c1. The molecule has 74 valence electrons. The summed E-state index contributed by atoms with van der Waals surface area (Å²) in [6.45, 7) is 4.48. The average molecular weight is 187 g/mol. The molecule has 1 aromatic carbocycles. The zero-order chi connectivity index (χ0) is 10.4. The summed E-state index contributed by atoms with van der Waals surface area (Å²) in [5.74, 6) is 0.717. The van der Waals surface area contributed by atoms with Crippen LogP contribution in [0, 0.1) is 17.2 Å². The first-order chi connectivity index (χ1) is 6.76. The Morgan fingerprint density at radius 2 is 2.21 bits per heavy atom. The summed E-state index contributed by atoms with van der Waals surface area (Å²) in [7, 11) is 0. The molecule has 14 heavy (non-hydrogen) atoms. The molecular weight excluding hydrogens is 170 g/mol. The van der Waals surface area contributed by atoms with Crippen molar-refractivity contribution >= 4 is 0 Å². The van der Waals surface area contributed by atoms with Gasteiger partial charge in [-0.15, -0.1) is 0 Å². The fourth-order valence-electron chi connectivity index (χ4n) is 1.77. The zero-order valence-electron chi connectivity index (χ0n) is 8.96. The molecule has 1 heteroatoms. The maximum Gasteiger partial charge on any atom is 0.0991 e. The van der Waals surface area contributed by atoms with Gasteiger partial charge in [-0.2, -0.15) is 5.26 Å². The summed E-state index contributed by atoms with van der Waals surface area (Å²) in [6.07, 6.45) is 3.58. The van der Waals surface area contributed by atoms with Crippen LogP contribution in [0.1, 0.15) is 37.8 Å². The normalized spacial score (nSPS) is 12.1. The Morgan fingerprint density at radius 3 is 2.86 bits per heavy atom. The Labute approximate surface area is 86.4 Å². The van der Waals surface area contributed by atoms with Gasteiger partial charge in [0.05, 0.1) is 11.6 Å². The third-order valence-electron chi connectivity index (χ3n) is 2.42. The van der Waals surface area contributed by atoms with Gasteiger partial charge in [0.15, 0.2) is 0 Å². The molecule has 0 spiro atoms. The first-order valence-electron chi connectivity index (χ1n) is 5.25. The molecule has 0 amide bonds. The van der Waals surface area contributed by atoms with Crippen LogP contribution in [0.5, 0.6) is 0 Å². The van der Waals surface area contributed by atoms with E-state index in [0.717, 1.165) is 12.0 Å². The number of hydrogen-bond acceptors (Lipinski definition) is 1. The van der Waals surface area contributed by atoms with Crippen molar-refractivity contribution < 1.29 is 0 Å². The minimum Gasteiger partial charge on any atom is -0.192 e. The molecule has 0 aliphatic rings. The van der Waals surface area contributed by atoms with Gasteiger partial charge in [-0.1, -0.05) is 38.8 Å². The monoisotopic (exact) mass is 187 g/mol. The molecule has 0 aliphatic carbocycles. The summed E-state index contributed by atoms with van der Waals surface area (Å²) in [6, 6.07) is 10.1. The third kappa shape index (κ3) is 3.22. The number of benzene rings is 1. The molecule has 0 N–H and O–H groups in total. The third-order valence-corrected chi connectivity index (χ3v) is 2.42. The van der Waals surface area contributed by atoms with E-state index in [1.807, 2.05) is 18.2 Å². The fraction of sp³-hybridized carbons (Fsp3) is 0.462. The summed E-state index contributed by atoms with van der Waals surface area (Å²) in [5.41, 5.74) is 2.05. The van der Waals surface area contributed by atoms with Crippen LogP contribution in [-0.4, -0.2) is 0 Å². The molecule has 0 heterocycles. The Bertz CT molecular complexity index is 322. The van der Waals surface area contributed by atoms with Crippen molar-refractivity contribution in [3.8, 4) is 6.07 Å². The fourth-order valence-corrected chi connectivity index (χ4v) is 1.77. The van der Waals surface area contributed by atoms with Crippen LogP contribution in [0.4, 0.5) is 0 Å². The molecule has 0 bridgehead atoms. The summed E-state index contributed by atoms with van der Waals surface area (Å²) < 4.78 is 0. The quantitative estimate of drug-likeness (QED) is 0.707. The molecule has 0 aromatic heterocycles. The van der Waals surface area contributed by atoms with Gasteiger partial charge in [-0.05, 0) is 30.0 Å². The number of hydrogen-bond donors (Lipinski definition) is 0. The van der Waals surface area contributed by atoms with E-state index >= 15 is 0 Å². The van der Waals surface area contributed by atoms with Gasteiger partial charge in [0.25, 0.3) is 0 Å². The lowest BCUT2D eigenvalue weighted by Crippen LogP contribution is -1.99. The molecule has 1 rings (SSSR count). The van der Waals surface area contributed by atoms with Crippen LogP contribution in [0.2, 0.25) is 0 Å². The molecule has 0 saturated carbocycles. The number of nitrogens with zero attached hydrogens (tertiary/aromatic N) is 1. The van der Waals surface area contributed by atoms with Crippen LogP contribution in [0.3, 0.4) is 0 Å². The van der Waals surface area contributed by atoms with Gasteiger partial charge >= 0.3 is 0 Å². The molecule has 0 aliphatic heterocycles. The molecule has 0 fully saturated rings. The average Bonchev–Trinajstić information content (AvgIpc) is 2.18. The molecule has 1 aromatic rings. The van der Waals surface area contributed by atoms with E-state index < -0.39 is 0 Å². The second kappa shape index (κ2) is 5.44. The highest BCUT2D eigenvalue weighted by atomic mass is 14.2. The van der Waals surface area contributed by atoms with E-state index in [0.29, 0.717) is 5.92 Å². The highest BCUT2D eigenvalue weighted by Crippen LogP contribution is 2.14.